The van der Waals surface area contributed by atoms with Gasteiger partial charge in [-0.25, -0.2) is 0 Å². The standard InChI is InChI=1S/C73H122O6/c1-4-7-10-13-16-19-21-23-25-27-28-29-30-31-32-33-34-35-36-37-38-39-40-41-42-43-44-46-47-49-51-54-57-60-63-66-72(75)78-69-70(68-77-71(74)65-62-59-56-53-18-15-12-9-6-3)79-73(76)67-64-61-58-55-52-50-48-45-26-24-22-20-17-14-11-8-5-2/h7,10,16-17,19-20,23-26,28-29,31-32,34-35,37-38,40-41,70H,4-6,8-9,11-15,18,21-22,27,30,33,36,39,42-69H2,1-3H3/b10-7-,19-16-,20-17-,25-23-,26-24-,29-28-,32-31-,35-34-,38-37-,41-40-. The fourth-order valence-electron chi connectivity index (χ4n) is 9.02. The number of esters is 3. The fraction of sp³-hybridized carbons (Fsp3) is 0.685. The molecule has 0 N–H and O–H groups in total. The highest BCUT2D eigenvalue weighted by atomic mass is 16.6. The molecule has 0 aliphatic heterocycles. The predicted octanol–water partition coefficient (Wildman–Crippen LogP) is 22.8. The van der Waals surface area contributed by atoms with E-state index in [0.717, 1.165) is 122 Å². The van der Waals surface area contributed by atoms with Crippen LogP contribution in [0.3, 0.4) is 0 Å². The molecule has 0 aromatic rings. The largest absolute Gasteiger partial charge is 0.462 e. The molecule has 0 bridgehead atoms. The Morgan fingerprint density at radius 3 is 0.797 bits per heavy atom. The van der Waals surface area contributed by atoms with Crippen LogP contribution < -0.4 is 0 Å². The molecular formula is C73H122O6. The predicted molar refractivity (Wildman–Crippen MR) is 343 cm³/mol. The Kier molecular flexibility index (Phi) is 62.8. The Morgan fingerprint density at radius 2 is 0.494 bits per heavy atom. The molecule has 0 saturated heterocycles. The second-order valence-electron chi connectivity index (χ2n) is 21.6. The Hall–Kier alpha value is -4.19. The first kappa shape index (κ1) is 74.8. The molecule has 0 aromatic carbocycles. The van der Waals surface area contributed by atoms with Crippen LogP contribution in [0.1, 0.15) is 303 Å². The fourth-order valence-corrected chi connectivity index (χ4v) is 9.02. The normalized spacial score (nSPS) is 12.9. The molecular weight excluding hydrogens is 973 g/mol. The summed E-state index contributed by atoms with van der Waals surface area (Å²) in [6.07, 6.45) is 92.2. The van der Waals surface area contributed by atoms with E-state index in [9.17, 15) is 14.4 Å². The molecule has 0 heterocycles. The molecule has 0 saturated carbocycles. The first-order valence-corrected chi connectivity index (χ1v) is 33.0. The minimum Gasteiger partial charge on any atom is -0.462 e. The monoisotopic (exact) mass is 1090 g/mol. The van der Waals surface area contributed by atoms with Crippen LogP contribution in [0.4, 0.5) is 0 Å². The lowest BCUT2D eigenvalue weighted by Crippen LogP contribution is -2.30. The molecule has 0 amide bonds. The lowest BCUT2D eigenvalue weighted by atomic mass is 10.1. The van der Waals surface area contributed by atoms with E-state index in [2.05, 4.69) is 142 Å². The van der Waals surface area contributed by atoms with E-state index in [-0.39, 0.29) is 31.1 Å². The molecule has 0 aliphatic carbocycles. The summed E-state index contributed by atoms with van der Waals surface area (Å²) in [5.74, 6) is -0.890. The average molecular weight is 1100 g/mol. The van der Waals surface area contributed by atoms with Crippen LogP contribution in [-0.4, -0.2) is 37.2 Å². The van der Waals surface area contributed by atoms with Crippen molar-refractivity contribution in [2.75, 3.05) is 13.2 Å². The second-order valence-corrected chi connectivity index (χ2v) is 21.6. The van der Waals surface area contributed by atoms with Gasteiger partial charge in [0.15, 0.2) is 6.10 Å². The van der Waals surface area contributed by atoms with E-state index in [1.807, 2.05) is 0 Å². The third-order valence-electron chi connectivity index (χ3n) is 14.0. The van der Waals surface area contributed by atoms with Gasteiger partial charge in [-0.3, -0.25) is 14.4 Å². The number of hydrogen-bond acceptors (Lipinski definition) is 6. The highest BCUT2D eigenvalue weighted by molar-refractivity contribution is 5.71. The van der Waals surface area contributed by atoms with Crippen LogP contribution in [0.15, 0.2) is 122 Å². The topological polar surface area (TPSA) is 78.9 Å². The van der Waals surface area contributed by atoms with Gasteiger partial charge in [0.05, 0.1) is 0 Å². The number of rotatable bonds is 59. The summed E-state index contributed by atoms with van der Waals surface area (Å²) < 4.78 is 16.9. The molecule has 0 fully saturated rings. The van der Waals surface area contributed by atoms with Crippen molar-refractivity contribution in [1.82, 2.24) is 0 Å². The van der Waals surface area contributed by atoms with Gasteiger partial charge in [-0.1, -0.05) is 290 Å². The van der Waals surface area contributed by atoms with Gasteiger partial charge in [-0.05, 0) is 116 Å². The molecule has 79 heavy (non-hydrogen) atoms. The van der Waals surface area contributed by atoms with Crippen LogP contribution in [0, 0.1) is 0 Å². The van der Waals surface area contributed by atoms with Crippen molar-refractivity contribution in [3.63, 3.8) is 0 Å². The molecule has 0 aromatic heterocycles. The van der Waals surface area contributed by atoms with E-state index in [1.54, 1.807) is 0 Å². The van der Waals surface area contributed by atoms with Gasteiger partial charge in [0, 0.05) is 19.3 Å². The van der Waals surface area contributed by atoms with Crippen molar-refractivity contribution < 1.29 is 28.6 Å². The quantitative estimate of drug-likeness (QED) is 0.0261. The molecule has 6 heteroatoms. The van der Waals surface area contributed by atoms with E-state index in [1.165, 1.54) is 141 Å². The third-order valence-corrected chi connectivity index (χ3v) is 14.0. The van der Waals surface area contributed by atoms with Gasteiger partial charge in [-0.15, -0.1) is 0 Å². The summed E-state index contributed by atoms with van der Waals surface area (Å²) in [6.45, 7) is 6.48. The zero-order valence-corrected chi connectivity index (χ0v) is 51.6. The lowest BCUT2D eigenvalue weighted by molar-refractivity contribution is -0.167. The molecule has 0 radical (unpaired) electrons. The zero-order chi connectivity index (χ0) is 57.1. The molecule has 0 rings (SSSR count). The van der Waals surface area contributed by atoms with Gasteiger partial charge in [-0.2, -0.15) is 0 Å². The van der Waals surface area contributed by atoms with Gasteiger partial charge in [0.1, 0.15) is 13.2 Å². The Balaban J connectivity index is 4.16. The van der Waals surface area contributed by atoms with E-state index < -0.39 is 6.10 Å². The van der Waals surface area contributed by atoms with Crippen molar-refractivity contribution in [3.8, 4) is 0 Å². The Bertz CT molecular complexity index is 1640. The maximum atomic E-state index is 12.9. The number of ether oxygens (including phenoxy) is 3. The maximum Gasteiger partial charge on any atom is 0.306 e. The van der Waals surface area contributed by atoms with E-state index in [4.69, 9.17) is 14.2 Å². The average Bonchev–Trinajstić information content (AvgIpc) is 3.45. The maximum absolute atomic E-state index is 12.9. The van der Waals surface area contributed by atoms with Crippen LogP contribution in [-0.2, 0) is 28.6 Å². The van der Waals surface area contributed by atoms with Crippen molar-refractivity contribution in [1.29, 1.82) is 0 Å². The van der Waals surface area contributed by atoms with Crippen LogP contribution in [0.5, 0.6) is 0 Å². The highest BCUT2D eigenvalue weighted by Crippen LogP contribution is 2.16. The number of unbranched alkanes of at least 4 members (excludes halogenated alkanes) is 28. The van der Waals surface area contributed by atoms with Gasteiger partial charge in [0.2, 0.25) is 0 Å². The van der Waals surface area contributed by atoms with Gasteiger partial charge in [0.25, 0.3) is 0 Å². The van der Waals surface area contributed by atoms with Gasteiger partial charge >= 0.3 is 17.9 Å². The first-order chi connectivity index (χ1) is 39.0. The van der Waals surface area contributed by atoms with E-state index >= 15 is 0 Å². The molecule has 1 atom stereocenters. The summed E-state index contributed by atoms with van der Waals surface area (Å²) in [5, 5.41) is 0. The first-order valence-electron chi connectivity index (χ1n) is 33.0. The minimum atomic E-state index is -0.783. The summed E-state index contributed by atoms with van der Waals surface area (Å²) in [7, 11) is 0. The van der Waals surface area contributed by atoms with Crippen LogP contribution >= 0.6 is 0 Å². The van der Waals surface area contributed by atoms with Crippen molar-refractivity contribution in [3.05, 3.63) is 122 Å². The SMILES string of the molecule is CC/C=C\C/C=C\C/C=C\C/C=C\C/C=C\C/C=C\C/C=C\C/C=C\CCCCCCCCCCCCC(=O)OCC(COC(=O)CCCCCCCCCCC)OC(=O)CCCCCCCCC/C=C\C/C=C\CCCCC. The van der Waals surface area contributed by atoms with Crippen LogP contribution in [0.25, 0.3) is 0 Å². The van der Waals surface area contributed by atoms with Crippen molar-refractivity contribution in [2.45, 2.75) is 309 Å². The number of carbonyl (C=O) groups excluding carboxylic acids is 3. The summed E-state index contributed by atoms with van der Waals surface area (Å²) >= 11 is 0. The van der Waals surface area contributed by atoms with Crippen molar-refractivity contribution in [2.24, 2.45) is 0 Å². The molecule has 0 aliphatic rings. The molecule has 0 spiro atoms. The third kappa shape index (κ3) is 64.5. The smallest absolute Gasteiger partial charge is 0.306 e. The number of allylic oxidation sites excluding steroid dienone is 20. The van der Waals surface area contributed by atoms with E-state index in [0.29, 0.717) is 19.3 Å². The lowest BCUT2D eigenvalue weighted by Gasteiger charge is -2.18. The molecule has 1 unspecified atom stereocenters. The second kappa shape index (κ2) is 66.3. The summed E-state index contributed by atoms with van der Waals surface area (Å²) in [4.78, 5) is 38.2. The zero-order valence-electron chi connectivity index (χ0n) is 51.6. The van der Waals surface area contributed by atoms with Crippen LogP contribution in [0.2, 0.25) is 0 Å². The molecule has 6 nitrogen and oxygen atoms in total. The minimum absolute atomic E-state index is 0.0810. The highest BCUT2D eigenvalue weighted by Gasteiger charge is 2.19. The number of hydrogen-bond donors (Lipinski definition) is 0. The van der Waals surface area contributed by atoms with Gasteiger partial charge < -0.3 is 14.2 Å². The summed E-state index contributed by atoms with van der Waals surface area (Å²) in [5.41, 5.74) is 0. The number of carbonyl (C=O) groups is 3. The van der Waals surface area contributed by atoms with Crippen molar-refractivity contribution >= 4 is 17.9 Å². The molecule has 450 valence electrons. The Morgan fingerprint density at radius 1 is 0.266 bits per heavy atom. The summed E-state index contributed by atoms with van der Waals surface area (Å²) in [6, 6.07) is 0. The Labute approximate surface area is 488 Å².